The van der Waals surface area contributed by atoms with Crippen LogP contribution >= 0.6 is 15.9 Å². The SMILES string of the molecule is Cc1ccc(-c2c(C)noc2C)cc1Cc1ccc(-n2ccnn2)c(Br)c1. The molecule has 2 aromatic carbocycles. The van der Waals surface area contributed by atoms with Gasteiger partial charge in [0.2, 0.25) is 0 Å². The zero-order chi connectivity index (χ0) is 19.0. The van der Waals surface area contributed by atoms with E-state index >= 15 is 0 Å². The fourth-order valence-electron chi connectivity index (χ4n) is 3.32. The van der Waals surface area contributed by atoms with Gasteiger partial charge in [-0.2, -0.15) is 0 Å². The molecule has 4 rings (SSSR count). The molecule has 0 amide bonds. The Bertz CT molecular complexity index is 1080. The number of aryl methyl sites for hydroxylation is 3. The van der Waals surface area contributed by atoms with Crippen LogP contribution < -0.4 is 0 Å². The van der Waals surface area contributed by atoms with Gasteiger partial charge in [-0.3, -0.25) is 0 Å². The zero-order valence-corrected chi connectivity index (χ0v) is 17.0. The van der Waals surface area contributed by atoms with Crippen molar-refractivity contribution in [3.05, 3.63) is 81.4 Å². The van der Waals surface area contributed by atoms with E-state index in [4.69, 9.17) is 4.52 Å². The van der Waals surface area contributed by atoms with Gasteiger partial charge in [0.25, 0.3) is 0 Å². The lowest BCUT2D eigenvalue weighted by atomic mass is 9.95. The summed E-state index contributed by atoms with van der Waals surface area (Å²) in [7, 11) is 0. The molecule has 6 heteroatoms. The summed E-state index contributed by atoms with van der Waals surface area (Å²) in [4.78, 5) is 0. The van der Waals surface area contributed by atoms with Crippen LogP contribution in [-0.4, -0.2) is 20.2 Å². The fraction of sp³-hybridized carbons (Fsp3) is 0.190. The number of nitrogens with zero attached hydrogens (tertiary/aromatic N) is 4. The van der Waals surface area contributed by atoms with Crippen molar-refractivity contribution in [3.8, 4) is 16.8 Å². The number of benzene rings is 2. The third-order valence-electron chi connectivity index (χ3n) is 4.75. The second-order valence-electron chi connectivity index (χ2n) is 6.65. The van der Waals surface area contributed by atoms with E-state index in [0.717, 1.165) is 39.2 Å². The lowest BCUT2D eigenvalue weighted by Crippen LogP contribution is -1.98. The van der Waals surface area contributed by atoms with Gasteiger partial charge in [-0.05, 0) is 77.5 Å². The summed E-state index contributed by atoms with van der Waals surface area (Å²) in [5.74, 6) is 0.849. The molecule has 0 spiro atoms. The Morgan fingerprint density at radius 2 is 1.93 bits per heavy atom. The maximum Gasteiger partial charge on any atom is 0.141 e. The molecule has 0 saturated carbocycles. The van der Waals surface area contributed by atoms with Gasteiger partial charge in [-0.1, -0.05) is 34.6 Å². The summed E-state index contributed by atoms with van der Waals surface area (Å²) < 4.78 is 8.07. The van der Waals surface area contributed by atoms with E-state index in [-0.39, 0.29) is 0 Å². The third-order valence-corrected chi connectivity index (χ3v) is 5.38. The maximum absolute atomic E-state index is 5.33. The topological polar surface area (TPSA) is 56.7 Å². The number of aromatic nitrogens is 4. The van der Waals surface area contributed by atoms with E-state index in [1.54, 1.807) is 10.9 Å². The first-order chi connectivity index (χ1) is 13.0. The molecule has 0 atom stereocenters. The summed E-state index contributed by atoms with van der Waals surface area (Å²) in [6.45, 7) is 6.07. The van der Waals surface area contributed by atoms with Crippen LogP contribution in [0, 0.1) is 20.8 Å². The van der Waals surface area contributed by atoms with Crippen molar-refractivity contribution in [1.29, 1.82) is 0 Å². The molecule has 0 fully saturated rings. The molecular weight excluding hydrogens is 404 g/mol. The van der Waals surface area contributed by atoms with Crippen molar-refractivity contribution < 1.29 is 4.52 Å². The molecule has 0 N–H and O–H groups in total. The Balaban J connectivity index is 1.67. The normalized spacial score (nSPS) is 11.1. The average Bonchev–Trinajstić information content (AvgIpc) is 3.28. The summed E-state index contributed by atoms with van der Waals surface area (Å²) in [6, 6.07) is 12.9. The van der Waals surface area contributed by atoms with Gasteiger partial charge in [0.1, 0.15) is 5.76 Å². The summed E-state index contributed by atoms with van der Waals surface area (Å²) in [5.41, 5.74) is 7.89. The number of rotatable bonds is 4. The van der Waals surface area contributed by atoms with Crippen molar-refractivity contribution in [3.63, 3.8) is 0 Å². The second kappa shape index (κ2) is 7.12. The fourth-order valence-corrected chi connectivity index (χ4v) is 3.92. The zero-order valence-electron chi connectivity index (χ0n) is 15.4. The predicted molar refractivity (Wildman–Crippen MR) is 108 cm³/mol. The Morgan fingerprint density at radius 1 is 1.07 bits per heavy atom. The quantitative estimate of drug-likeness (QED) is 0.453. The second-order valence-corrected chi connectivity index (χ2v) is 7.50. The van der Waals surface area contributed by atoms with Crippen LogP contribution in [0.3, 0.4) is 0 Å². The smallest absolute Gasteiger partial charge is 0.141 e. The molecule has 136 valence electrons. The van der Waals surface area contributed by atoms with Crippen LogP contribution in [0.1, 0.15) is 28.1 Å². The van der Waals surface area contributed by atoms with Crippen molar-refractivity contribution in [2.24, 2.45) is 0 Å². The molecule has 0 bridgehead atoms. The highest BCUT2D eigenvalue weighted by molar-refractivity contribution is 9.10. The van der Waals surface area contributed by atoms with Gasteiger partial charge in [0, 0.05) is 10.0 Å². The first-order valence-electron chi connectivity index (χ1n) is 8.71. The monoisotopic (exact) mass is 422 g/mol. The van der Waals surface area contributed by atoms with Gasteiger partial charge >= 0.3 is 0 Å². The van der Waals surface area contributed by atoms with Crippen LogP contribution in [0.25, 0.3) is 16.8 Å². The maximum atomic E-state index is 5.33. The van der Waals surface area contributed by atoms with Crippen molar-refractivity contribution in [1.82, 2.24) is 20.2 Å². The lowest BCUT2D eigenvalue weighted by Gasteiger charge is -2.11. The Morgan fingerprint density at radius 3 is 2.59 bits per heavy atom. The molecule has 2 aromatic heterocycles. The number of hydrogen-bond acceptors (Lipinski definition) is 4. The molecular formula is C21H19BrN4O. The third kappa shape index (κ3) is 3.45. The average molecular weight is 423 g/mol. The van der Waals surface area contributed by atoms with Crippen molar-refractivity contribution >= 4 is 15.9 Å². The molecule has 27 heavy (non-hydrogen) atoms. The molecule has 0 unspecified atom stereocenters. The number of halogens is 1. The summed E-state index contributed by atoms with van der Waals surface area (Å²) in [5, 5.41) is 12.0. The van der Waals surface area contributed by atoms with Crippen LogP contribution in [0.4, 0.5) is 0 Å². The van der Waals surface area contributed by atoms with Gasteiger partial charge in [-0.15, -0.1) is 5.10 Å². The van der Waals surface area contributed by atoms with Crippen LogP contribution in [-0.2, 0) is 6.42 Å². The minimum Gasteiger partial charge on any atom is -0.361 e. The van der Waals surface area contributed by atoms with Crippen molar-refractivity contribution in [2.75, 3.05) is 0 Å². The molecule has 0 aliphatic heterocycles. The first kappa shape index (κ1) is 17.7. The van der Waals surface area contributed by atoms with Gasteiger partial charge in [0.05, 0.1) is 23.8 Å². The predicted octanol–water partition coefficient (Wildman–Crippen LogP) is 5.20. The van der Waals surface area contributed by atoms with E-state index in [9.17, 15) is 0 Å². The molecule has 0 saturated heterocycles. The standard InChI is InChI=1S/C21H19BrN4O/c1-13-4-6-17(21-14(2)24-27-15(21)3)12-18(13)10-16-5-7-20(19(22)11-16)26-9-8-23-25-26/h4-9,11-12H,10H2,1-3H3. The summed E-state index contributed by atoms with van der Waals surface area (Å²) >= 11 is 3.66. The van der Waals surface area contributed by atoms with Gasteiger partial charge < -0.3 is 4.52 Å². The number of hydrogen-bond donors (Lipinski definition) is 0. The lowest BCUT2D eigenvalue weighted by molar-refractivity contribution is 0.393. The van der Waals surface area contributed by atoms with E-state index in [0.29, 0.717) is 0 Å². The Hall–Kier alpha value is -2.73. The molecule has 4 aromatic rings. The van der Waals surface area contributed by atoms with Gasteiger partial charge in [0.15, 0.2) is 0 Å². The molecule has 0 radical (unpaired) electrons. The highest BCUT2D eigenvalue weighted by atomic mass is 79.9. The van der Waals surface area contributed by atoms with E-state index < -0.39 is 0 Å². The van der Waals surface area contributed by atoms with Crippen LogP contribution in [0.2, 0.25) is 0 Å². The highest BCUT2D eigenvalue weighted by Gasteiger charge is 2.13. The minimum absolute atomic E-state index is 0.847. The van der Waals surface area contributed by atoms with Crippen LogP contribution in [0.15, 0.2) is 57.8 Å². The molecule has 0 aliphatic rings. The molecule has 5 nitrogen and oxygen atoms in total. The Labute approximate surface area is 166 Å². The minimum atomic E-state index is 0.847. The molecule has 0 aliphatic carbocycles. The first-order valence-corrected chi connectivity index (χ1v) is 9.50. The highest BCUT2D eigenvalue weighted by Crippen LogP contribution is 2.30. The van der Waals surface area contributed by atoms with Gasteiger partial charge in [-0.25, -0.2) is 4.68 Å². The largest absolute Gasteiger partial charge is 0.361 e. The van der Waals surface area contributed by atoms with Crippen molar-refractivity contribution in [2.45, 2.75) is 27.2 Å². The molecule has 2 heterocycles. The van der Waals surface area contributed by atoms with E-state index in [2.05, 4.69) is 74.7 Å². The van der Waals surface area contributed by atoms with Crippen LogP contribution in [0.5, 0.6) is 0 Å². The summed E-state index contributed by atoms with van der Waals surface area (Å²) in [6.07, 6.45) is 4.35. The van der Waals surface area contributed by atoms with E-state index in [1.165, 1.54) is 16.7 Å². The Kier molecular flexibility index (Phi) is 4.66. The van der Waals surface area contributed by atoms with E-state index in [1.807, 2.05) is 20.0 Å².